The van der Waals surface area contributed by atoms with Gasteiger partial charge < -0.3 is 19.5 Å². The molecule has 1 N–H and O–H groups in total. The standard InChI is InChI=1S/C19H29NO5S/c1-5-10-20-16(26)21-11-17(3)14-7-6-12(2)13-8-9-18(4)23-15(22-17)19(13,14)25-24-18/h5,12-15H,1,6-11H2,2-4H3,(H,20,26)/t12-,13?,14+,15-,17-,18+,19-/m1/s1. The molecular weight excluding hydrogens is 354 g/mol. The number of rotatable bonds is 4. The van der Waals surface area contributed by atoms with Gasteiger partial charge >= 0.3 is 0 Å². The molecule has 146 valence electrons. The zero-order valence-corrected chi connectivity index (χ0v) is 16.6. The highest BCUT2D eigenvalue weighted by atomic mass is 32.1. The number of ether oxygens (including phenoxy) is 3. The highest BCUT2D eigenvalue weighted by Gasteiger charge is 2.74. The Kier molecular flexibility index (Phi) is 4.59. The smallest absolute Gasteiger partial charge is 0.256 e. The Morgan fingerprint density at radius 3 is 2.85 bits per heavy atom. The van der Waals surface area contributed by atoms with Crippen molar-refractivity contribution in [1.29, 1.82) is 0 Å². The van der Waals surface area contributed by atoms with E-state index in [2.05, 4.69) is 25.7 Å². The molecule has 1 spiro atoms. The second-order valence-electron chi connectivity index (χ2n) is 8.53. The molecule has 1 unspecified atom stereocenters. The van der Waals surface area contributed by atoms with Gasteiger partial charge in [-0.3, -0.25) is 0 Å². The number of fused-ring (bicyclic) bond motifs is 2. The summed E-state index contributed by atoms with van der Waals surface area (Å²) in [6.45, 7) is 10.9. The van der Waals surface area contributed by atoms with Gasteiger partial charge in [-0.2, -0.15) is 0 Å². The first-order chi connectivity index (χ1) is 12.3. The fourth-order valence-electron chi connectivity index (χ4n) is 5.36. The topological polar surface area (TPSA) is 58.2 Å². The molecule has 2 bridgehead atoms. The van der Waals surface area contributed by atoms with Gasteiger partial charge in [-0.15, -0.1) is 6.58 Å². The van der Waals surface area contributed by atoms with Crippen LogP contribution in [0, 0.1) is 17.8 Å². The van der Waals surface area contributed by atoms with Gasteiger partial charge in [0.2, 0.25) is 5.79 Å². The van der Waals surface area contributed by atoms with Crippen LogP contribution in [-0.2, 0) is 24.0 Å². The van der Waals surface area contributed by atoms with E-state index in [0.717, 1.165) is 25.7 Å². The number of nitrogens with one attached hydrogen (secondary N) is 1. The largest absolute Gasteiger partial charge is 0.468 e. The van der Waals surface area contributed by atoms with E-state index in [1.807, 2.05) is 6.92 Å². The third-order valence-corrected chi connectivity index (χ3v) is 6.97. The summed E-state index contributed by atoms with van der Waals surface area (Å²) < 4.78 is 18.6. The summed E-state index contributed by atoms with van der Waals surface area (Å²) in [5.74, 6) is 0.280. The summed E-state index contributed by atoms with van der Waals surface area (Å²) in [5, 5.41) is 3.35. The van der Waals surface area contributed by atoms with Gasteiger partial charge in [-0.05, 0) is 57.2 Å². The van der Waals surface area contributed by atoms with Gasteiger partial charge in [0.25, 0.3) is 5.17 Å². The Bertz CT molecular complexity index is 602. The lowest BCUT2D eigenvalue weighted by Crippen LogP contribution is -2.62. The first-order valence-corrected chi connectivity index (χ1v) is 9.98. The van der Waals surface area contributed by atoms with Gasteiger partial charge in [0.15, 0.2) is 11.9 Å². The van der Waals surface area contributed by atoms with Crippen LogP contribution in [0.25, 0.3) is 0 Å². The van der Waals surface area contributed by atoms with Crippen molar-refractivity contribution in [2.45, 2.75) is 69.7 Å². The molecule has 5 fully saturated rings. The Morgan fingerprint density at radius 1 is 1.27 bits per heavy atom. The second-order valence-corrected chi connectivity index (χ2v) is 8.90. The third-order valence-electron chi connectivity index (χ3n) is 6.71. The van der Waals surface area contributed by atoms with Crippen molar-refractivity contribution in [3.05, 3.63) is 12.7 Å². The predicted molar refractivity (Wildman–Crippen MR) is 99.0 cm³/mol. The minimum absolute atomic E-state index is 0.131. The Labute approximate surface area is 160 Å². The van der Waals surface area contributed by atoms with Gasteiger partial charge in [-0.1, -0.05) is 13.0 Å². The molecule has 0 amide bonds. The first kappa shape index (κ1) is 18.6. The van der Waals surface area contributed by atoms with Crippen LogP contribution in [-0.4, -0.2) is 41.6 Å². The fraction of sp³-hybridized carbons (Fsp3) is 0.842. The van der Waals surface area contributed by atoms with Crippen molar-refractivity contribution in [2.75, 3.05) is 13.2 Å². The quantitative estimate of drug-likeness (QED) is 0.455. The van der Waals surface area contributed by atoms with Gasteiger partial charge in [0.1, 0.15) is 12.2 Å². The van der Waals surface area contributed by atoms with Gasteiger partial charge in [0.05, 0.1) is 0 Å². The lowest BCUT2D eigenvalue weighted by Gasteiger charge is -2.50. The molecule has 0 aromatic rings. The Morgan fingerprint density at radius 2 is 2.08 bits per heavy atom. The maximum Gasteiger partial charge on any atom is 0.256 e. The highest BCUT2D eigenvalue weighted by Crippen LogP contribution is 2.63. The van der Waals surface area contributed by atoms with E-state index in [1.165, 1.54) is 0 Å². The monoisotopic (exact) mass is 383 g/mol. The van der Waals surface area contributed by atoms with Crippen LogP contribution >= 0.6 is 12.2 Å². The molecule has 0 aromatic heterocycles. The van der Waals surface area contributed by atoms with Gasteiger partial charge in [0, 0.05) is 18.9 Å². The fourth-order valence-corrected chi connectivity index (χ4v) is 5.50. The van der Waals surface area contributed by atoms with Crippen molar-refractivity contribution in [2.24, 2.45) is 17.8 Å². The van der Waals surface area contributed by atoms with Crippen LogP contribution in [0.5, 0.6) is 0 Å². The van der Waals surface area contributed by atoms with Gasteiger partial charge in [-0.25, -0.2) is 9.78 Å². The normalized spacial score (nSPS) is 49.2. The molecule has 0 aromatic carbocycles. The maximum absolute atomic E-state index is 6.48. The van der Waals surface area contributed by atoms with Crippen LogP contribution < -0.4 is 5.32 Å². The highest BCUT2D eigenvalue weighted by molar-refractivity contribution is 7.80. The molecule has 5 aliphatic rings. The lowest BCUT2D eigenvalue weighted by molar-refractivity contribution is -0.541. The van der Waals surface area contributed by atoms with E-state index in [-0.39, 0.29) is 5.92 Å². The molecule has 4 saturated heterocycles. The van der Waals surface area contributed by atoms with E-state index in [1.54, 1.807) is 6.08 Å². The van der Waals surface area contributed by atoms with E-state index in [0.29, 0.717) is 30.2 Å². The summed E-state index contributed by atoms with van der Waals surface area (Å²) in [5.41, 5.74) is -1.11. The minimum atomic E-state index is -0.746. The van der Waals surface area contributed by atoms with E-state index in [4.69, 9.17) is 36.2 Å². The molecule has 4 heterocycles. The Balaban J connectivity index is 1.59. The van der Waals surface area contributed by atoms with E-state index < -0.39 is 23.3 Å². The third kappa shape index (κ3) is 2.71. The summed E-state index contributed by atoms with van der Waals surface area (Å²) in [7, 11) is 0. The SMILES string of the molecule is C=CCNC(=S)OC[C@@]1(C)O[C@@H]2O[C@]3(C)CCC4[C@H](C)CC[C@@H]1[C@]42OO3. The maximum atomic E-state index is 6.48. The molecule has 0 radical (unpaired) electrons. The number of hydrogen-bond donors (Lipinski definition) is 1. The number of thiocarbonyl (C=S) groups is 1. The van der Waals surface area contributed by atoms with Crippen LogP contribution in [0.1, 0.15) is 46.5 Å². The van der Waals surface area contributed by atoms with Crippen LogP contribution in [0.2, 0.25) is 0 Å². The molecule has 6 nitrogen and oxygen atoms in total. The van der Waals surface area contributed by atoms with Crippen molar-refractivity contribution < 1.29 is 24.0 Å². The molecule has 5 rings (SSSR count). The lowest BCUT2D eigenvalue weighted by atomic mass is 9.60. The first-order valence-electron chi connectivity index (χ1n) is 9.57. The zero-order valence-electron chi connectivity index (χ0n) is 15.8. The summed E-state index contributed by atoms with van der Waals surface area (Å²) in [6, 6.07) is 0. The van der Waals surface area contributed by atoms with Crippen LogP contribution in [0.4, 0.5) is 0 Å². The summed E-state index contributed by atoms with van der Waals surface area (Å²) in [4.78, 5) is 11.9. The molecule has 26 heavy (non-hydrogen) atoms. The molecule has 1 saturated carbocycles. The molecule has 1 aliphatic carbocycles. The summed E-state index contributed by atoms with van der Waals surface area (Å²) >= 11 is 5.24. The van der Waals surface area contributed by atoms with E-state index in [9.17, 15) is 0 Å². The minimum Gasteiger partial charge on any atom is -0.468 e. The molecular formula is C19H29NO5S. The van der Waals surface area contributed by atoms with Crippen LogP contribution in [0.3, 0.4) is 0 Å². The number of hydrogen-bond acceptors (Lipinski definition) is 6. The van der Waals surface area contributed by atoms with E-state index >= 15 is 0 Å². The average Bonchev–Trinajstić information content (AvgIpc) is 2.70. The van der Waals surface area contributed by atoms with Crippen molar-refractivity contribution in [1.82, 2.24) is 5.32 Å². The van der Waals surface area contributed by atoms with Crippen molar-refractivity contribution >= 4 is 17.4 Å². The van der Waals surface area contributed by atoms with Crippen LogP contribution in [0.15, 0.2) is 12.7 Å². The Hall–Kier alpha value is -0.730. The zero-order chi connectivity index (χ0) is 18.6. The second kappa shape index (κ2) is 6.41. The molecule has 7 heteroatoms. The van der Waals surface area contributed by atoms with Crippen molar-refractivity contribution in [3.8, 4) is 0 Å². The molecule has 4 aliphatic heterocycles. The molecule has 7 atom stereocenters. The van der Waals surface area contributed by atoms with Crippen molar-refractivity contribution in [3.63, 3.8) is 0 Å². The predicted octanol–water partition coefficient (Wildman–Crippen LogP) is 3.07. The summed E-state index contributed by atoms with van der Waals surface area (Å²) in [6.07, 6.45) is 5.27. The average molecular weight is 384 g/mol.